The van der Waals surface area contributed by atoms with Gasteiger partial charge in [0.2, 0.25) is 5.91 Å². The highest BCUT2D eigenvalue weighted by Gasteiger charge is 2.48. The molecule has 2 fully saturated rings. The third-order valence-corrected chi connectivity index (χ3v) is 7.39. The zero-order chi connectivity index (χ0) is 22.9. The van der Waals surface area contributed by atoms with Gasteiger partial charge in [-0.3, -0.25) is 4.79 Å². The molecule has 0 aromatic heterocycles. The van der Waals surface area contributed by atoms with Crippen molar-refractivity contribution in [1.29, 1.82) is 0 Å². The summed E-state index contributed by atoms with van der Waals surface area (Å²) in [5.74, 6) is 0.514. The van der Waals surface area contributed by atoms with Gasteiger partial charge in [-0.05, 0) is 74.1 Å². The number of nitrogens with zero attached hydrogens (tertiary/aromatic N) is 1. The summed E-state index contributed by atoms with van der Waals surface area (Å²) >= 11 is 0. The Morgan fingerprint density at radius 1 is 1.19 bits per heavy atom. The van der Waals surface area contributed by atoms with Crippen molar-refractivity contribution >= 4 is 5.91 Å². The average Bonchev–Trinajstić information content (AvgIpc) is 3.15. The van der Waals surface area contributed by atoms with Crippen molar-refractivity contribution < 1.29 is 22.7 Å². The van der Waals surface area contributed by atoms with Crippen LogP contribution >= 0.6 is 0 Å². The van der Waals surface area contributed by atoms with Crippen molar-refractivity contribution in [2.24, 2.45) is 11.3 Å². The summed E-state index contributed by atoms with van der Waals surface area (Å²) < 4.78 is 45.1. The summed E-state index contributed by atoms with van der Waals surface area (Å²) in [6.45, 7) is 6.72. The maximum absolute atomic E-state index is 13.8. The van der Waals surface area contributed by atoms with E-state index < -0.39 is 17.2 Å². The van der Waals surface area contributed by atoms with Gasteiger partial charge < -0.3 is 15.0 Å². The fourth-order valence-electron chi connectivity index (χ4n) is 5.96. The predicted molar refractivity (Wildman–Crippen MR) is 117 cm³/mol. The number of carbonyl (C=O) groups excluding carboxylic acids is 1. The lowest BCUT2D eigenvalue weighted by atomic mass is 9.76. The summed E-state index contributed by atoms with van der Waals surface area (Å²) in [6.07, 6.45) is 1.71. The predicted octanol–water partition coefficient (Wildman–Crippen LogP) is 4.94. The van der Waals surface area contributed by atoms with Gasteiger partial charge in [0.15, 0.2) is 0 Å². The fraction of sp³-hybridized carbons (Fsp3) is 0.720. The second kappa shape index (κ2) is 9.34. The van der Waals surface area contributed by atoms with Crippen molar-refractivity contribution in [2.45, 2.75) is 83.6 Å². The standard InChI is InChI=1S/C25H35F3N2O2/c1-17(2)14-24(9-5-22(15-24)29-21-7-11-32-12-8-21)23(31)30-10-6-18-3-4-20(25(26,27)28)13-19(18)16-30/h3-4,13,17,21-22,29H,5-12,14-16H2,1-2H3/t22-,24-/m1/s1. The van der Waals surface area contributed by atoms with Crippen LogP contribution in [0.2, 0.25) is 0 Å². The van der Waals surface area contributed by atoms with Crippen molar-refractivity contribution in [2.75, 3.05) is 19.8 Å². The molecule has 2 atom stereocenters. The first-order valence-corrected chi connectivity index (χ1v) is 12.0. The van der Waals surface area contributed by atoms with Crippen molar-refractivity contribution in [3.05, 3.63) is 34.9 Å². The van der Waals surface area contributed by atoms with Crippen LogP contribution in [0.25, 0.3) is 0 Å². The SMILES string of the molecule is CC(C)C[C@]1(C(=O)N2CCc3ccc(C(F)(F)F)cc3C2)CC[C@@H](NC2CCOCC2)C1. The number of amides is 1. The number of ether oxygens (including phenoxy) is 1. The molecule has 1 aromatic rings. The number of benzene rings is 1. The Morgan fingerprint density at radius 2 is 1.94 bits per heavy atom. The Labute approximate surface area is 188 Å². The van der Waals surface area contributed by atoms with Crippen LogP contribution in [0.4, 0.5) is 13.2 Å². The largest absolute Gasteiger partial charge is 0.416 e. The molecule has 1 amide bonds. The second-order valence-electron chi connectivity index (χ2n) is 10.3. The molecule has 0 unspecified atom stereocenters. The summed E-state index contributed by atoms with van der Waals surface area (Å²) in [5, 5.41) is 3.77. The molecule has 1 aliphatic carbocycles. The molecule has 0 radical (unpaired) electrons. The smallest absolute Gasteiger partial charge is 0.381 e. The first-order valence-electron chi connectivity index (χ1n) is 12.0. The summed E-state index contributed by atoms with van der Waals surface area (Å²) in [6, 6.07) is 4.72. The summed E-state index contributed by atoms with van der Waals surface area (Å²) in [5.41, 5.74) is 0.499. The number of hydrogen-bond acceptors (Lipinski definition) is 3. The van der Waals surface area contributed by atoms with Crippen molar-refractivity contribution in [3.63, 3.8) is 0 Å². The maximum atomic E-state index is 13.8. The number of halogens is 3. The van der Waals surface area contributed by atoms with Gasteiger partial charge in [0.05, 0.1) is 11.0 Å². The van der Waals surface area contributed by atoms with Crippen LogP contribution in [0.15, 0.2) is 18.2 Å². The Bertz CT molecular complexity index is 820. The number of rotatable bonds is 5. The van der Waals surface area contributed by atoms with Crippen LogP contribution < -0.4 is 5.32 Å². The Morgan fingerprint density at radius 3 is 2.62 bits per heavy atom. The van der Waals surface area contributed by atoms with E-state index in [1.165, 1.54) is 6.07 Å². The van der Waals surface area contributed by atoms with Crippen LogP contribution in [0, 0.1) is 11.3 Å². The third kappa shape index (κ3) is 5.14. The fourth-order valence-corrected chi connectivity index (χ4v) is 5.96. The van der Waals surface area contributed by atoms with Crippen LogP contribution in [0.3, 0.4) is 0 Å². The molecule has 1 saturated heterocycles. The monoisotopic (exact) mass is 452 g/mol. The first kappa shape index (κ1) is 23.6. The minimum absolute atomic E-state index is 0.130. The van der Waals surface area contributed by atoms with Crippen LogP contribution in [-0.2, 0) is 28.7 Å². The molecule has 0 spiro atoms. The van der Waals surface area contributed by atoms with Gasteiger partial charge in [-0.15, -0.1) is 0 Å². The lowest BCUT2D eigenvalue weighted by Crippen LogP contribution is -2.47. The van der Waals surface area contributed by atoms with E-state index in [4.69, 9.17) is 4.74 Å². The number of fused-ring (bicyclic) bond motifs is 1. The molecule has 32 heavy (non-hydrogen) atoms. The Kier molecular flexibility index (Phi) is 6.87. The van der Waals surface area contributed by atoms with Crippen molar-refractivity contribution in [1.82, 2.24) is 10.2 Å². The van der Waals surface area contributed by atoms with Crippen LogP contribution in [-0.4, -0.2) is 42.6 Å². The van der Waals surface area contributed by atoms with E-state index in [2.05, 4.69) is 19.2 Å². The molecule has 1 saturated carbocycles. The second-order valence-corrected chi connectivity index (χ2v) is 10.3. The molecule has 178 valence electrons. The van der Waals surface area contributed by atoms with E-state index in [1.807, 2.05) is 4.90 Å². The lowest BCUT2D eigenvalue weighted by molar-refractivity contribution is -0.144. The highest BCUT2D eigenvalue weighted by Crippen LogP contribution is 2.46. The maximum Gasteiger partial charge on any atom is 0.416 e. The van der Waals surface area contributed by atoms with Gasteiger partial charge in [0, 0.05) is 38.4 Å². The highest BCUT2D eigenvalue weighted by molar-refractivity contribution is 5.83. The average molecular weight is 453 g/mol. The van der Waals surface area contributed by atoms with E-state index in [9.17, 15) is 18.0 Å². The quantitative estimate of drug-likeness (QED) is 0.688. The van der Waals surface area contributed by atoms with Gasteiger partial charge >= 0.3 is 6.18 Å². The summed E-state index contributed by atoms with van der Waals surface area (Å²) in [7, 11) is 0. The minimum Gasteiger partial charge on any atom is -0.381 e. The molecule has 3 aliphatic rings. The van der Waals surface area contributed by atoms with Gasteiger partial charge in [-0.25, -0.2) is 0 Å². The number of hydrogen-bond donors (Lipinski definition) is 1. The number of carbonyl (C=O) groups is 1. The van der Waals surface area contributed by atoms with Gasteiger partial charge in [0.25, 0.3) is 0 Å². The number of alkyl halides is 3. The van der Waals surface area contributed by atoms with Gasteiger partial charge in [-0.1, -0.05) is 19.9 Å². The van der Waals surface area contributed by atoms with E-state index in [0.29, 0.717) is 36.5 Å². The molecule has 2 aliphatic heterocycles. The van der Waals surface area contributed by atoms with Gasteiger partial charge in [-0.2, -0.15) is 13.2 Å². The summed E-state index contributed by atoms with van der Waals surface area (Å²) in [4.78, 5) is 15.7. The van der Waals surface area contributed by atoms with Gasteiger partial charge in [0.1, 0.15) is 0 Å². The topological polar surface area (TPSA) is 41.6 Å². The van der Waals surface area contributed by atoms with Crippen molar-refractivity contribution in [3.8, 4) is 0 Å². The lowest BCUT2D eigenvalue weighted by Gasteiger charge is -2.38. The van der Waals surface area contributed by atoms with E-state index in [1.54, 1.807) is 6.07 Å². The highest BCUT2D eigenvalue weighted by atomic mass is 19.4. The van der Waals surface area contributed by atoms with Crippen LogP contribution in [0.5, 0.6) is 0 Å². The minimum atomic E-state index is -4.37. The van der Waals surface area contributed by atoms with Crippen LogP contribution in [0.1, 0.15) is 69.1 Å². The molecule has 4 rings (SSSR count). The zero-order valence-electron chi connectivity index (χ0n) is 19.1. The molecule has 4 nitrogen and oxygen atoms in total. The normalized spacial score (nSPS) is 27.1. The van der Waals surface area contributed by atoms with E-state index >= 15 is 0 Å². The molecular formula is C25H35F3N2O2. The van der Waals surface area contributed by atoms with E-state index in [-0.39, 0.29) is 12.5 Å². The molecule has 1 N–H and O–H groups in total. The zero-order valence-corrected chi connectivity index (χ0v) is 19.1. The third-order valence-electron chi connectivity index (χ3n) is 7.39. The molecule has 7 heteroatoms. The molecule has 1 aromatic carbocycles. The molecule has 0 bridgehead atoms. The molecular weight excluding hydrogens is 417 g/mol. The first-order chi connectivity index (χ1) is 15.2. The Hall–Kier alpha value is -1.60. The molecule has 2 heterocycles. The Balaban J connectivity index is 1.49. The number of nitrogens with one attached hydrogen (secondary N) is 1. The van der Waals surface area contributed by atoms with E-state index in [0.717, 1.165) is 63.4 Å².